The number of anilines is 1. The van der Waals surface area contributed by atoms with Gasteiger partial charge in [0.25, 0.3) is 5.69 Å². The Balaban J connectivity index is 2.11. The van der Waals surface area contributed by atoms with E-state index >= 15 is 0 Å². The molecule has 6 heteroatoms. The van der Waals surface area contributed by atoms with Crippen LogP contribution >= 0.6 is 11.6 Å². The maximum atomic E-state index is 11.1. The average Bonchev–Trinajstić information content (AvgIpc) is 2.48. The molecule has 0 aliphatic carbocycles. The van der Waals surface area contributed by atoms with Gasteiger partial charge in [0.05, 0.1) is 4.92 Å². The van der Waals surface area contributed by atoms with Gasteiger partial charge in [-0.25, -0.2) is 0 Å². The summed E-state index contributed by atoms with van der Waals surface area (Å²) in [6.45, 7) is 2.78. The first-order chi connectivity index (χ1) is 10.1. The zero-order valence-electron chi connectivity index (χ0n) is 11.5. The Morgan fingerprint density at radius 1 is 1.24 bits per heavy atom. The fraction of sp³-hybridized carbons (Fsp3) is 0.200. The molecule has 0 radical (unpaired) electrons. The van der Waals surface area contributed by atoms with Gasteiger partial charge in [0.15, 0.2) is 0 Å². The first-order valence-corrected chi connectivity index (χ1v) is 6.87. The van der Waals surface area contributed by atoms with Gasteiger partial charge in [0, 0.05) is 17.6 Å². The van der Waals surface area contributed by atoms with Crippen molar-refractivity contribution in [1.29, 1.82) is 0 Å². The maximum absolute atomic E-state index is 11.1. The first kappa shape index (κ1) is 15.1. The number of nitro benzene ring substituents is 1. The number of nitrogens with zero attached hydrogens (tertiary/aromatic N) is 1. The molecule has 2 aromatic carbocycles. The van der Waals surface area contributed by atoms with E-state index in [0.29, 0.717) is 23.0 Å². The van der Waals surface area contributed by atoms with Crippen LogP contribution in [0.1, 0.15) is 12.5 Å². The molecule has 1 N–H and O–H groups in total. The van der Waals surface area contributed by atoms with E-state index in [2.05, 4.69) is 5.32 Å². The minimum Gasteiger partial charge on any atom is -0.489 e. The summed E-state index contributed by atoms with van der Waals surface area (Å²) in [5.74, 6) is 0.665. The Kier molecular flexibility index (Phi) is 5.00. The van der Waals surface area contributed by atoms with Crippen molar-refractivity contribution < 1.29 is 9.66 Å². The van der Waals surface area contributed by atoms with Crippen molar-refractivity contribution in [2.75, 3.05) is 11.9 Å². The van der Waals surface area contributed by atoms with Gasteiger partial charge in [-0.2, -0.15) is 0 Å². The molecule has 0 atom stereocenters. The van der Waals surface area contributed by atoms with E-state index < -0.39 is 4.92 Å². The van der Waals surface area contributed by atoms with Crippen LogP contribution in [-0.4, -0.2) is 11.5 Å². The summed E-state index contributed by atoms with van der Waals surface area (Å²) < 4.78 is 5.58. The molecule has 5 nitrogen and oxygen atoms in total. The average molecular weight is 307 g/mol. The van der Waals surface area contributed by atoms with E-state index in [1.807, 2.05) is 6.92 Å². The lowest BCUT2D eigenvalue weighted by Crippen LogP contribution is -2.03. The van der Waals surface area contributed by atoms with Gasteiger partial charge in [-0.3, -0.25) is 10.1 Å². The third-order valence-corrected chi connectivity index (χ3v) is 3.10. The number of benzene rings is 2. The SMILES string of the molecule is CCNc1ccc(COc2ccc(Cl)cc2)cc1[N+](=O)[O-]. The molecule has 0 aliphatic heterocycles. The molecule has 0 fully saturated rings. The first-order valence-electron chi connectivity index (χ1n) is 6.49. The highest BCUT2D eigenvalue weighted by Crippen LogP contribution is 2.26. The molecule has 0 saturated carbocycles. The minimum atomic E-state index is -0.399. The predicted octanol–water partition coefficient (Wildman–Crippen LogP) is 4.26. The van der Waals surface area contributed by atoms with Crippen LogP contribution in [0.4, 0.5) is 11.4 Å². The molecule has 2 rings (SSSR count). The van der Waals surface area contributed by atoms with Crippen LogP contribution < -0.4 is 10.1 Å². The molecule has 110 valence electrons. The molecule has 2 aromatic rings. The maximum Gasteiger partial charge on any atom is 0.292 e. The van der Waals surface area contributed by atoms with E-state index in [9.17, 15) is 10.1 Å². The van der Waals surface area contributed by atoms with Crippen molar-refractivity contribution in [3.05, 3.63) is 63.2 Å². The summed E-state index contributed by atoms with van der Waals surface area (Å²) in [7, 11) is 0. The molecule has 0 aromatic heterocycles. The number of hydrogen-bond donors (Lipinski definition) is 1. The summed E-state index contributed by atoms with van der Waals surface area (Å²) in [4.78, 5) is 10.7. The third-order valence-electron chi connectivity index (χ3n) is 2.85. The van der Waals surface area contributed by atoms with Gasteiger partial charge in [0.1, 0.15) is 18.0 Å². The summed E-state index contributed by atoms with van der Waals surface area (Å²) in [6.07, 6.45) is 0. The topological polar surface area (TPSA) is 64.4 Å². The molecule has 0 heterocycles. The van der Waals surface area contributed by atoms with Crippen molar-refractivity contribution in [3.8, 4) is 5.75 Å². The highest BCUT2D eigenvalue weighted by Gasteiger charge is 2.14. The third kappa shape index (κ3) is 4.10. The van der Waals surface area contributed by atoms with Gasteiger partial charge in [-0.15, -0.1) is 0 Å². The molecule has 0 bridgehead atoms. The fourth-order valence-corrected chi connectivity index (χ4v) is 1.98. The number of hydrogen-bond acceptors (Lipinski definition) is 4. The Morgan fingerprint density at radius 3 is 2.57 bits per heavy atom. The molecule has 21 heavy (non-hydrogen) atoms. The van der Waals surface area contributed by atoms with Crippen molar-refractivity contribution in [2.24, 2.45) is 0 Å². The van der Waals surface area contributed by atoms with Gasteiger partial charge in [0.2, 0.25) is 0 Å². The van der Waals surface area contributed by atoms with Crippen LogP contribution in [0.3, 0.4) is 0 Å². The smallest absolute Gasteiger partial charge is 0.292 e. The van der Waals surface area contributed by atoms with E-state index in [1.54, 1.807) is 36.4 Å². The van der Waals surface area contributed by atoms with Crippen LogP contribution in [0, 0.1) is 10.1 Å². The Labute approximate surface area is 127 Å². The second-order valence-electron chi connectivity index (χ2n) is 4.38. The van der Waals surface area contributed by atoms with Crippen molar-refractivity contribution in [1.82, 2.24) is 0 Å². The number of nitrogens with one attached hydrogen (secondary N) is 1. The standard InChI is InChI=1S/C15H15ClN2O3/c1-2-17-14-8-3-11(9-15(14)18(19)20)10-21-13-6-4-12(16)5-7-13/h3-9,17H,2,10H2,1H3. The predicted molar refractivity (Wildman–Crippen MR) is 83.0 cm³/mol. The van der Waals surface area contributed by atoms with Gasteiger partial charge < -0.3 is 10.1 Å². The molecular formula is C15H15ClN2O3. The number of halogens is 1. The summed E-state index contributed by atoms with van der Waals surface area (Å²) in [6, 6.07) is 12.0. The molecule has 0 aliphatic rings. The van der Waals surface area contributed by atoms with Crippen LogP contribution in [-0.2, 0) is 6.61 Å². The quantitative estimate of drug-likeness (QED) is 0.640. The zero-order chi connectivity index (χ0) is 15.2. The second kappa shape index (κ2) is 6.95. The van der Waals surface area contributed by atoms with Gasteiger partial charge >= 0.3 is 0 Å². The van der Waals surface area contributed by atoms with E-state index in [0.717, 1.165) is 5.56 Å². The lowest BCUT2D eigenvalue weighted by Gasteiger charge is -2.09. The van der Waals surface area contributed by atoms with E-state index in [4.69, 9.17) is 16.3 Å². The monoisotopic (exact) mass is 306 g/mol. The number of nitro groups is 1. The summed E-state index contributed by atoms with van der Waals surface area (Å²) in [5, 5.41) is 14.7. The molecule has 0 saturated heterocycles. The van der Waals surface area contributed by atoms with Crippen LogP contribution in [0.15, 0.2) is 42.5 Å². The normalized spacial score (nSPS) is 10.2. The van der Waals surface area contributed by atoms with Crippen molar-refractivity contribution in [3.63, 3.8) is 0 Å². The Hall–Kier alpha value is -2.27. The van der Waals surface area contributed by atoms with Gasteiger partial charge in [-0.05, 0) is 42.8 Å². The lowest BCUT2D eigenvalue weighted by molar-refractivity contribution is -0.384. The van der Waals surface area contributed by atoms with Crippen LogP contribution in [0.25, 0.3) is 0 Å². The lowest BCUT2D eigenvalue weighted by atomic mass is 10.2. The molecule has 0 spiro atoms. The molecule has 0 amide bonds. The zero-order valence-corrected chi connectivity index (χ0v) is 12.3. The van der Waals surface area contributed by atoms with Crippen LogP contribution in [0.2, 0.25) is 5.02 Å². The van der Waals surface area contributed by atoms with Crippen molar-refractivity contribution in [2.45, 2.75) is 13.5 Å². The van der Waals surface area contributed by atoms with E-state index in [-0.39, 0.29) is 12.3 Å². The van der Waals surface area contributed by atoms with Crippen LogP contribution in [0.5, 0.6) is 5.75 Å². The highest BCUT2D eigenvalue weighted by molar-refractivity contribution is 6.30. The van der Waals surface area contributed by atoms with Gasteiger partial charge in [-0.1, -0.05) is 17.7 Å². The highest BCUT2D eigenvalue weighted by atomic mass is 35.5. The minimum absolute atomic E-state index is 0.0501. The fourth-order valence-electron chi connectivity index (χ4n) is 1.86. The largest absolute Gasteiger partial charge is 0.489 e. The number of ether oxygens (including phenoxy) is 1. The summed E-state index contributed by atoms with van der Waals surface area (Å²) in [5.41, 5.74) is 1.30. The Bertz CT molecular complexity index is 629. The van der Waals surface area contributed by atoms with Crippen molar-refractivity contribution >= 4 is 23.0 Å². The molecule has 0 unspecified atom stereocenters. The molecular weight excluding hydrogens is 292 g/mol. The van der Waals surface area contributed by atoms with E-state index in [1.165, 1.54) is 6.07 Å². The number of rotatable bonds is 6. The Morgan fingerprint density at radius 2 is 1.95 bits per heavy atom. The second-order valence-corrected chi connectivity index (χ2v) is 4.82. The summed E-state index contributed by atoms with van der Waals surface area (Å²) >= 11 is 5.79.